The lowest BCUT2D eigenvalue weighted by atomic mass is 9.86. The third kappa shape index (κ3) is 2.86. The van der Waals surface area contributed by atoms with Crippen LogP contribution in [-0.2, 0) is 12.0 Å². The lowest BCUT2D eigenvalue weighted by molar-refractivity contribution is 0.0902. The molecule has 2 heteroatoms. The van der Waals surface area contributed by atoms with E-state index in [1.54, 1.807) is 0 Å². The highest BCUT2D eigenvalue weighted by atomic mass is 16.3. The molecular weight excluding hydrogens is 234 g/mol. The van der Waals surface area contributed by atoms with Gasteiger partial charge in [-0.3, -0.25) is 0 Å². The van der Waals surface area contributed by atoms with E-state index in [-0.39, 0.29) is 6.54 Å². The summed E-state index contributed by atoms with van der Waals surface area (Å²) in [5, 5.41) is 10.9. The van der Waals surface area contributed by atoms with Gasteiger partial charge in [-0.1, -0.05) is 67.9 Å². The molecule has 2 aromatic carbocycles. The first kappa shape index (κ1) is 13.8. The molecule has 0 radical (unpaired) electrons. The Hall–Kier alpha value is -1.64. The van der Waals surface area contributed by atoms with Gasteiger partial charge < -0.3 is 10.8 Å². The van der Waals surface area contributed by atoms with Crippen molar-refractivity contribution in [3.63, 3.8) is 0 Å². The van der Waals surface area contributed by atoms with Gasteiger partial charge >= 0.3 is 0 Å². The van der Waals surface area contributed by atoms with E-state index in [9.17, 15) is 5.11 Å². The predicted octanol–water partition coefficient (Wildman–Crippen LogP) is 2.83. The molecule has 1 unspecified atom stereocenters. The van der Waals surface area contributed by atoms with Crippen LogP contribution in [0.4, 0.5) is 0 Å². The molecule has 0 aliphatic carbocycles. The molecule has 2 rings (SSSR count). The zero-order valence-corrected chi connectivity index (χ0v) is 11.3. The van der Waals surface area contributed by atoms with E-state index in [2.05, 4.69) is 19.1 Å². The number of aliphatic hydroxyl groups is 1. The molecule has 19 heavy (non-hydrogen) atoms. The number of benzene rings is 2. The van der Waals surface area contributed by atoms with Crippen molar-refractivity contribution in [2.45, 2.75) is 25.4 Å². The van der Waals surface area contributed by atoms with E-state index in [4.69, 9.17) is 5.73 Å². The summed E-state index contributed by atoms with van der Waals surface area (Å²) in [4.78, 5) is 0. The van der Waals surface area contributed by atoms with Crippen LogP contribution in [0.5, 0.6) is 0 Å². The molecule has 0 heterocycles. The number of aryl methyl sites for hydroxylation is 1. The van der Waals surface area contributed by atoms with Crippen LogP contribution in [-0.4, -0.2) is 11.7 Å². The van der Waals surface area contributed by atoms with Crippen molar-refractivity contribution in [3.05, 3.63) is 71.3 Å². The van der Waals surface area contributed by atoms with Gasteiger partial charge in [0.1, 0.15) is 5.60 Å². The number of hydrogen-bond donors (Lipinski definition) is 2. The number of nitrogens with two attached hydrogens (primary N) is 1. The SMILES string of the molecule is CCCc1ccc(C(O)(CN)c2ccccc2)cc1. The number of rotatable bonds is 5. The molecule has 0 amide bonds. The monoisotopic (exact) mass is 255 g/mol. The van der Waals surface area contributed by atoms with Crippen LogP contribution in [0.15, 0.2) is 54.6 Å². The second kappa shape index (κ2) is 6.00. The molecule has 100 valence electrons. The molecular formula is C17H21NO. The molecule has 0 saturated carbocycles. The first-order valence-electron chi connectivity index (χ1n) is 6.78. The Morgan fingerprint density at radius 1 is 0.947 bits per heavy atom. The molecule has 0 fully saturated rings. The summed E-state index contributed by atoms with van der Waals surface area (Å²) in [6.07, 6.45) is 2.19. The van der Waals surface area contributed by atoms with Crippen molar-refractivity contribution >= 4 is 0 Å². The minimum atomic E-state index is -1.11. The smallest absolute Gasteiger partial charge is 0.127 e. The Kier molecular flexibility index (Phi) is 4.35. The minimum Gasteiger partial charge on any atom is -0.379 e. The first-order chi connectivity index (χ1) is 9.20. The molecule has 0 aromatic heterocycles. The van der Waals surface area contributed by atoms with Gasteiger partial charge in [0.2, 0.25) is 0 Å². The number of hydrogen-bond acceptors (Lipinski definition) is 2. The van der Waals surface area contributed by atoms with Gasteiger partial charge in [0.15, 0.2) is 0 Å². The van der Waals surface area contributed by atoms with Crippen molar-refractivity contribution in [1.82, 2.24) is 0 Å². The molecule has 1 atom stereocenters. The van der Waals surface area contributed by atoms with Crippen LogP contribution in [0.1, 0.15) is 30.0 Å². The van der Waals surface area contributed by atoms with Crippen LogP contribution in [0.3, 0.4) is 0 Å². The Bertz CT molecular complexity index is 507. The van der Waals surface area contributed by atoms with E-state index < -0.39 is 5.60 Å². The fraction of sp³-hybridized carbons (Fsp3) is 0.294. The zero-order chi connectivity index (χ0) is 13.7. The summed E-state index contributed by atoms with van der Waals surface area (Å²) in [6, 6.07) is 17.7. The maximum atomic E-state index is 10.9. The van der Waals surface area contributed by atoms with Crippen LogP contribution in [0.2, 0.25) is 0 Å². The normalized spacial score (nSPS) is 14.1. The van der Waals surface area contributed by atoms with Crippen molar-refractivity contribution in [2.24, 2.45) is 5.73 Å². The molecule has 0 aliphatic heterocycles. The summed E-state index contributed by atoms with van der Waals surface area (Å²) in [7, 11) is 0. The Morgan fingerprint density at radius 2 is 1.53 bits per heavy atom. The van der Waals surface area contributed by atoms with Crippen LogP contribution in [0, 0.1) is 0 Å². The van der Waals surface area contributed by atoms with Crippen LogP contribution >= 0.6 is 0 Å². The summed E-state index contributed by atoms with van der Waals surface area (Å²) in [6.45, 7) is 2.33. The van der Waals surface area contributed by atoms with Crippen LogP contribution < -0.4 is 5.73 Å². The summed E-state index contributed by atoms with van der Waals surface area (Å²) in [5.74, 6) is 0. The highest BCUT2D eigenvalue weighted by molar-refractivity contribution is 5.37. The summed E-state index contributed by atoms with van der Waals surface area (Å²) < 4.78 is 0. The van der Waals surface area contributed by atoms with Crippen molar-refractivity contribution in [3.8, 4) is 0 Å². The van der Waals surface area contributed by atoms with Crippen molar-refractivity contribution in [2.75, 3.05) is 6.54 Å². The molecule has 0 spiro atoms. The third-order valence-corrected chi connectivity index (χ3v) is 3.52. The van der Waals surface area contributed by atoms with Gasteiger partial charge in [-0.15, -0.1) is 0 Å². The third-order valence-electron chi connectivity index (χ3n) is 3.52. The average molecular weight is 255 g/mol. The van der Waals surface area contributed by atoms with Gasteiger partial charge in [0.05, 0.1) is 0 Å². The molecule has 2 nitrogen and oxygen atoms in total. The second-order valence-corrected chi connectivity index (χ2v) is 4.88. The fourth-order valence-corrected chi connectivity index (χ4v) is 2.35. The standard InChI is InChI=1S/C17H21NO/c1-2-6-14-9-11-16(12-10-14)17(19,13-18)15-7-4-3-5-8-15/h3-5,7-12,19H,2,6,13,18H2,1H3. The van der Waals surface area contributed by atoms with Gasteiger partial charge in [-0.2, -0.15) is 0 Å². The maximum Gasteiger partial charge on any atom is 0.127 e. The van der Waals surface area contributed by atoms with E-state index in [1.807, 2.05) is 42.5 Å². The lowest BCUT2D eigenvalue weighted by Gasteiger charge is -2.28. The van der Waals surface area contributed by atoms with Crippen molar-refractivity contribution < 1.29 is 5.11 Å². The highest BCUT2D eigenvalue weighted by Crippen LogP contribution is 2.28. The molecule has 0 bridgehead atoms. The van der Waals surface area contributed by atoms with Crippen molar-refractivity contribution in [1.29, 1.82) is 0 Å². The molecule has 3 N–H and O–H groups in total. The molecule has 2 aromatic rings. The van der Waals surface area contributed by atoms with E-state index in [0.29, 0.717) is 0 Å². The second-order valence-electron chi connectivity index (χ2n) is 4.88. The van der Waals surface area contributed by atoms with Gasteiger partial charge in [0, 0.05) is 6.54 Å². The Morgan fingerprint density at radius 3 is 2.05 bits per heavy atom. The fourth-order valence-electron chi connectivity index (χ4n) is 2.35. The first-order valence-corrected chi connectivity index (χ1v) is 6.78. The Labute approximate surface area is 114 Å². The van der Waals surface area contributed by atoms with Gasteiger partial charge in [-0.05, 0) is 23.1 Å². The van der Waals surface area contributed by atoms with Crippen LogP contribution in [0.25, 0.3) is 0 Å². The predicted molar refractivity (Wildman–Crippen MR) is 78.9 cm³/mol. The minimum absolute atomic E-state index is 0.171. The summed E-state index contributed by atoms with van der Waals surface area (Å²) >= 11 is 0. The molecule has 0 aliphatic rings. The van der Waals surface area contributed by atoms with Gasteiger partial charge in [0.25, 0.3) is 0 Å². The lowest BCUT2D eigenvalue weighted by Crippen LogP contribution is -2.36. The van der Waals surface area contributed by atoms with E-state index in [0.717, 1.165) is 24.0 Å². The average Bonchev–Trinajstić information content (AvgIpc) is 2.48. The van der Waals surface area contributed by atoms with E-state index in [1.165, 1.54) is 5.56 Å². The van der Waals surface area contributed by atoms with Gasteiger partial charge in [-0.25, -0.2) is 0 Å². The van der Waals surface area contributed by atoms with E-state index >= 15 is 0 Å². The quantitative estimate of drug-likeness (QED) is 0.863. The highest BCUT2D eigenvalue weighted by Gasteiger charge is 2.29. The summed E-state index contributed by atoms with van der Waals surface area (Å²) in [5.41, 5.74) is 7.69. The largest absolute Gasteiger partial charge is 0.379 e. The zero-order valence-electron chi connectivity index (χ0n) is 11.3. The maximum absolute atomic E-state index is 10.9. The topological polar surface area (TPSA) is 46.2 Å². The molecule has 0 saturated heterocycles. The Balaban J connectivity index is 2.36.